The monoisotopic (exact) mass is 437 g/mol. The molecule has 0 saturated carbocycles. The SMILES string of the molecule is CN=C(NCCC(=O)Nc1ccc(Br)cc1)NCCc1nc(C)c(C)s1. The minimum Gasteiger partial charge on any atom is -0.356 e. The van der Waals surface area contributed by atoms with Crippen LogP contribution in [0.2, 0.25) is 0 Å². The Morgan fingerprint density at radius 3 is 2.50 bits per heavy atom. The van der Waals surface area contributed by atoms with Crippen molar-refractivity contribution in [2.45, 2.75) is 26.7 Å². The van der Waals surface area contributed by atoms with Gasteiger partial charge in [0.05, 0.1) is 10.7 Å². The van der Waals surface area contributed by atoms with Gasteiger partial charge >= 0.3 is 0 Å². The van der Waals surface area contributed by atoms with Gasteiger partial charge in [0.1, 0.15) is 0 Å². The average molecular weight is 438 g/mol. The van der Waals surface area contributed by atoms with Crippen LogP contribution in [0.25, 0.3) is 0 Å². The third-order valence-corrected chi connectivity index (χ3v) is 5.36. The lowest BCUT2D eigenvalue weighted by Gasteiger charge is -2.11. The molecule has 0 aliphatic rings. The Kier molecular flexibility index (Phi) is 8.06. The summed E-state index contributed by atoms with van der Waals surface area (Å²) >= 11 is 5.10. The molecule has 0 saturated heterocycles. The lowest BCUT2D eigenvalue weighted by molar-refractivity contribution is -0.116. The summed E-state index contributed by atoms with van der Waals surface area (Å²) in [5, 5.41) is 10.4. The summed E-state index contributed by atoms with van der Waals surface area (Å²) in [5.41, 5.74) is 1.89. The Bertz CT molecular complexity index is 738. The number of nitrogens with one attached hydrogen (secondary N) is 3. The van der Waals surface area contributed by atoms with Crippen LogP contribution >= 0.6 is 27.3 Å². The number of aromatic nitrogens is 1. The first kappa shape index (κ1) is 20.4. The Morgan fingerprint density at radius 2 is 1.88 bits per heavy atom. The number of rotatable bonds is 7. The number of aryl methyl sites for hydroxylation is 2. The third kappa shape index (κ3) is 6.76. The Balaban J connectivity index is 1.66. The summed E-state index contributed by atoms with van der Waals surface area (Å²) in [5.74, 6) is 0.649. The first-order valence-corrected chi connectivity index (χ1v) is 10.0. The fraction of sp³-hybridized carbons (Fsp3) is 0.389. The molecule has 0 spiro atoms. The van der Waals surface area contributed by atoms with Crippen LogP contribution in [-0.4, -0.2) is 37.0 Å². The van der Waals surface area contributed by atoms with E-state index < -0.39 is 0 Å². The highest BCUT2D eigenvalue weighted by Crippen LogP contribution is 2.16. The molecule has 0 bridgehead atoms. The van der Waals surface area contributed by atoms with Crippen LogP contribution in [0.3, 0.4) is 0 Å². The van der Waals surface area contributed by atoms with Crippen LogP contribution in [0, 0.1) is 13.8 Å². The largest absolute Gasteiger partial charge is 0.356 e. The molecule has 0 atom stereocenters. The zero-order valence-corrected chi connectivity index (χ0v) is 17.6. The molecule has 0 unspecified atom stereocenters. The number of hydrogen-bond donors (Lipinski definition) is 3. The zero-order valence-electron chi connectivity index (χ0n) is 15.2. The number of amides is 1. The fourth-order valence-corrected chi connectivity index (χ4v) is 3.40. The molecule has 0 aliphatic carbocycles. The van der Waals surface area contributed by atoms with Crippen molar-refractivity contribution in [1.82, 2.24) is 15.6 Å². The predicted octanol–water partition coefficient (Wildman–Crippen LogP) is 3.26. The predicted molar refractivity (Wildman–Crippen MR) is 112 cm³/mol. The van der Waals surface area contributed by atoms with Gasteiger partial charge in [0.2, 0.25) is 5.91 Å². The second kappa shape index (κ2) is 10.3. The van der Waals surface area contributed by atoms with Crippen molar-refractivity contribution < 1.29 is 4.79 Å². The van der Waals surface area contributed by atoms with Gasteiger partial charge in [-0.25, -0.2) is 4.98 Å². The topological polar surface area (TPSA) is 78.4 Å². The molecule has 3 N–H and O–H groups in total. The van der Waals surface area contributed by atoms with E-state index in [4.69, 9.17) is 0 Å². The van der Waals surface area contributed by atoms with Crippen LogP contribution in [0.5, 0.6) is 0 Å². The number of hydrogen-bond acceptors (Lipinski definition) is 4. The van der Waals surface area contributed by atoms with Crippen molar-refractivity contribution in [2.75, 3.05) is 25.5 Å². The van der Waals surface area contributed by atoms with Gasteiger partial charge in [-0.05, 0) is 38.1 Å². The van der Waals surface area contributed by atoms with E-state index in [1.165, 1.54) is 4.88 Å². The number of guanidine groups is 1. The number of nitrogens with zero attached hydrogens (tertiary/aromatic N) is 2. The van der Waals surface area contributed by atoms with Crippen molar-refractivity contribution in [3.8, 4) is 0 Å². The number of carbonyl (C=O) groups excluding carboxylic acids is 1. The van der Waals surface area contributed by atoms with Crippen LogP contribution in [0.15, 0.2) is 33.7 Å². The summed E-state index contributed by atoms with van der Waals surface area (Å²) in [6.07, 6.45) is 1.21. The third-order valence-electron chi connectivity index (χ3n) is 3.70. The van der Waals surface area contributed by atoms with Gasteiger partial charge in [-0.1, -0.05) is 15.9 Å². The molecule has 0 aliphatic heterocycles. The molecule has 140 valence electrons. The van der Waals surface area contributed by atoms with E-state index in [0.717, 1.165) is 33.8 Å². The molecule has 2 aromatic rings. The second-order valence-corrected chi connectivity index (χ2v) is 7.93. The van der Waals surface area contributed by atoms with Crippen molar-refractivity contribution in [3.05, 3.63) is 44.3 Å². The standard InChI is InChI=1S/C18H24BrN5OS/c1-12-13(2)26-17(23-12)9-11-22-18(20-3)21-10-8-16(25)24-15-6-4-14(19)5-7-15/h4-7H,8-11H2,1-3H3,(H,24,25)(H2,20,21,22). The number of carbonyl (C=O) groups is 1. The maximum absolute atomic E-state index is 12.0. The van der Waals surface area contributed by atoms with Crippen molar-refractivity contribution in [2.24, 2.45) is 4.99 Å². The van der Waals surface area contributed by atoms with E-state index in [2.05, 4.69) is 48.8 Å². The van der Waals surface area contributed by atoms with E-state index in [0.29, 0.717) is 18.9 Å². The Morgan fingerprint density at radius 1 is 1.19 bits per heavy atom. The molecule has 2 rings (SSSR count). The van der Waals surface area contributed by atoms with Crippen molar-refractivity contribution >= 4 is 44.8 Å². The van der Waals surface area contributed by atoms with Crippen LogP contribution in [-0.2, 0) is 11.2 Å². The molecular weight excluding hydrogens is 414 g/mol. The summed E-state index contributed by atoms with van der Waals surface area (Å²) < 4.78 is 0.982. The van der Waals surface area contributed by atoms with E-state index in [9.17, 15) is 4.79 Å². The summed E-state index contributed by atoms with van der Waals surface area (Å²) in [4.78, 5) is 21.9. The highest BCUT2D eigenvalue weighted by atomic mass is 79.9. The van der Waals surface area contributed by atoms with Crippen LogP contribution < -0.4 is 16.0 Å². The molecule has 1 heterocycles. The smallest absolute Gasteiger partial charge is 0.226 e. The van der Waals surface area contributed by atoms with E-state index >= 15 is 0 Å². The van der Waals surface area contributed by atoms with Crippen molar-refractivity contribution in [3.63, 3.8) is 0 Å². The van der Waals surface area contributed by atoms with E-state index in [-0.39, 0.29) is 5.91 Å². The highest BCUT2D eigenvalue weighted by Gasteiger charge is 2.05. The van der Waals surface area contributed by atoms with Crippen molar-refractivity contribution in [1.29, 1.82) is 0 Å². The Hall–Kier alpha value is -1.93. The number of thiazole rings is 1. The normalized spacial score (nSPS) is 11.3. The number of halogens is 1. The van der Waals surface area contributed by atoms with E-state index in [1.807, 2.05) is 31.2 Å². The molecule has 1 aromatic heterocycles. The van der Waals surface area contributed by atoms with Crippen LogP contribution in [0.1, 0.15) is 22.0 Å². The summed E-state index contributed by atoms with van der Waals surface area (Å²) in [6, 6.07) is 7.51. The first-order valence-electron chi connectivity index (χ1n) is 8.40. The number of anilines is 1. The second-order valence-electron chi connectivity index (χ2n) is 5.73. The zero-order chi connectivity index (χ0) is 18.9. The van der Waals surface area contributed by atoms with Gasteiger partial charge in [-0.15, -0.1) is 11.3 Å². The quantitative estimate of drug-likeness (QED) is 0.458. The average Bonchev–Trinajstić information content (AvgIpc) is 2.93. The molecule has 1 aromatic carbocycles. The van der Waals surface area contributed by atoms with Gasteiger partial charge in [0, 0.05) is 48.0 Å². The molecule has 1 amide bonds. The Labute approximate surface area is 166 Å². The van der Waals surface area contributed by atoms with Gasteiger partial charge in [-0.2, -0.15) is 0 Å². The van der Waals surface area contributed by atoms with E-state index in [1.54, 1.807) is 18.4 Å². The van der Waals surface area contributed by atoms with Gasteiger partial charge in [0.15, 0.2) is 5.96 Å². The minimum atomic E-state index is -0.0380. The molecule has 26 heavy (non-hydrogen) atoms. The molecular formula is C18H24BrN5OS. The maximum atomic E-state index is 12.0. The van der Waals surface area contributed by atoms with Gasteiger partial charge in [0.25, 0.3) is 0 Å². The first-order chi connectivity index (χ1) is 12.5. The number of aliphatic imine (C=N–C) groups is 1. The molecule has 0 fully saturated rings. The van der Waals surface area contributed by atoms with Gasteiger partial charge in [-0.3, -0.25) is 9.79 Å². The van der Waals surface area contributed by atoms with Gasteiger partial charge < -0.3 is 16.0 Å². The molecule has 0 radical (unpaired) electrons. The fourth-order valence-electron chi connectivity index (χ4n) is 2.21. The lowest BCUT2D eigenvalue weighted by Crippen LogP contribution is -2.39. The maximum Gasteiger partial charge on any atom is 0.226 e. The lowest BCUT2D eigenvalue weighted by atomic mass is 10.3. The minimum absolute atomic E-state index is 0.0380. The summed E-state index contributed by atoms with van der Waals surface area (Å²) in [6.45, 7) is 5.38. The number of benzene rings is 1. The molecule has 8 heteroatoms. The summed E-state index contributed by atoms with van der Waals surface area (Å²) in [7, 11) is 1.72. The van der Waals surface area contributed by atoms with Crippen LogP contribution in [0.4, 0.5) is 5.69 Å². The highest BCUT2D eigenvalue weighted by molar-refractivity contribution is 9.10. The molecule has 6 nitrogen and oxygen atoms in total.